The molecule has 0 bridgehead atoms. The van der Waals surface area contributed by atoms with Crippen molar-refractivity contribution in [2.45, 2.75) is 17.8 Å². The van der Waals surface area contributed by atoms with Gasteiger partial charge in [-0.2, -0.15) is 0 Å². The van der Waals surface area contributed by atoms with Gasteiger partial charge in [-0.25, -0.2) is 4.79 Å². The number of hydrogen-bond acceptors (Lipinski definition) is 7. The van der Waals surface area contributed by atoms with Crippen molar-refractivity contribution in [3.63, 3.8) is 0 Å². The second-order valence-electron chi connectivity index (χ2n) is 10.2. The van der Waals surface area contributed by atoms with Crippen molar-refractivity contribution in [3.05, 3.63) is 65.2 Å². The van der Waals surface area contributed by atoms with Gasteiger partial charge in [-0.15, -0.1) is 0 Å². The van der Waals surface area contributed by atoms with E-state index in [4.69, 9.17) is 4.74 Å². The maximum Gasteiger partial charge on any atom is 0.326 e. The SMILES string of the molecule is CN1CCN(CCNC(=O)C2=C3NC(=O)N(c4ccc(Oc5ccccc5)cc4)C4CCNC(S2)C34)CC1. The Kier molecular flexibility index (Phi) is 7.29. The first kappa shape index (κ1) is 25.2. The molecule has 3 N–H and O–H groups in total. The second kappa shape index (κ2) is 11.0. The monoisotopic (exact) mass is 534 g/mol. The number of thioether (sulfide) groups is 1. The average molecular weight is 535 g/mol. The van der Waals surface area contributed by atoms with Crippen LogP contribution in [-0.4, -0.2) is 86.0 Å². The Morgan fingerprint density at radius 1 is 1.05 bits per heavy atom. The molecule has 3 fully saturated rings. The molecule has 2 aromatic rings. The number of piperidine rings is 1. The van der Waals surface area contributed by atoms with E-state index in [1.165, 1.54) is 0 Å². The standard InChI is InChI=1S/C28H34N6O3S/c1-32-15-17-33(18-16-32)14-13-29-26(35)25-24-23-22(11-12-30-27(23)38-25)34(28(36)31-24)19-7-9-21(10-8-19)37-20-5-3-2-4-6-20/h2-10,22-23,27,30H,11-18H2,1H3,(H,29,35)(H,31,36). The van der Waals surface area contributed by atoms with Crippen LogP contribution in [0.15, 0.2) is 65.2 Å². The van der Waals surface area contributed by atoms with Gasteiger partial charge in [0.25, 0.3) is 5.91 Å². The zero-order valence-electron chi connectivity index (χ0n) is 21.6. The zero-order valence-corrected chi connectivity index (χ0v) is 22.4. The Morgan fingerprint density at radius 3 is 2.55 bits per heavy atom. The summed E-state index contributed by atoms with van der Waals surface area (Å²) in [6.07, 6.45) is 0.819. The quantitative estimate of drug-likeness (QED) is 0.503. The van der Waals surface area contributed by atoms with Crippen molar-refractivity contribution in [1.82, 2.24) is 25.8 Å². The molecule has 4 aliphatic rings. The predicted molar refractivity (Wildman–Crippen MR) is 149 cm³/mol. The number of carbonyl (C=O) groups excluding carboxylic acids is 2. The molecule has 0 saturated carbocycles. The number of nitrogens with zero attached hydrogens (tertiary/aromatic N) is 3. The Balaban J connectivity index is 1.14. The van der Waals surface area contributed by atoms with Crippen LogP contribution in [0.1, 0.15) is 6.42 Å². The van der Waals surface area contributed by atoms with E-state index >= 15 is 0 Å². The van der Waals surface area contributed by atoms with Crippen molar-refractivity contribution in [3.8, 4) is 11.5 Å². The normalized spacial score (nSPS) is 25.7. The lowest BCUT2D eigenvalue weighted by molar-refractivity contribution is -0.116. The van der Waals surface area contributed by atoms with Crippen molar-refractivity contribution in [1.29, 1.82) is 0 Å². The van der Waals surface area contributed by atoms with E-state index in [2.05, 4.69) is 32.8 Å². The summed E-state index contributed by atoms with van der Waals surface area (Å²) < 4.78 is 5.92. The molecule has 38 heavy (non-hydrogen) atoms. The topological polar surface area (TPSA) is 89.2 Å². The molecule has 0 radical (unpaired) electrons. The second-order valence-corrected chi connectivity index (χ2v) is 11.4. The van der Waals surface area contributed by atoms with Gasteiger partial charge >= 0.3 is 6.03 Å². The lowest BCUT2D eigenvalue weighted by atomic mass is 9.86. The number of amides is 3. The van der Waals surface area contributed by atoms with E-state index in [0.29, 0.717) is 17.2 Å². The molecule has 0 aliphatic carbocycles. The fraction of sp³-hybridized carbons (Fsp3) is 0.429. The molecule has 4 aliphatic heterocycles. The molecule has 3 saturated heterocycles. The maximum atomic E-state index is 13.4. The highest BCUT2D eigenvalue weighted by molar-refractivity contribution is 8.04. The van der Waals surface area contributed by atoms with Gasteiger partial charge in [-0.05, 0) is 56.4 Å². The van der Waals surface area contributed by atoms with Crippen LogP contribution >= 0.6 is 11.8 Å². The first-order valence-corrected chi connectivity index (χ1v) is 14.2. The number of hydrogen-bond donors (Lipinski definition) is 3. The number of nitrogens with one attached hydrogen (secondary N) is 3. The first-order valence-electron chi connectivity index (χ1n) is 13.3. The fourth-order valence-corrected chi connectivity index (χ4v) is 7.11. The summed E-state index contributed by atoms with van der Waals surface area (Å²) in [5.41, 5.74) is 1.59. The van der Waals surface area contributed by atoms with Gasteiger partial charge in [0.2, 0.25) is 0 Å². The smallest absolute Gasteiger partial charge is 0.326 e. The Labute approximate surface area is 227 Å². The highest BCUT2D eigenvalue weighted by Gasteiger charge is 2.51. The summed E-state index contributed by atoms with van der Waals surface area (Å²) in [5, 5.41) is 9.80. The lowest BCUT2D eigenvalue weighted by Crippen LogP contribution is -2.62. The third kappa shape index (κ3) is 5.13. The summed E-state index contributed by atoms with van der Waals surface area (Å²) in [7, 11) is 2.14. The van der Waals surface area contributed by atoms with Crippen LogP contribution in [-0.2, 0) is 4.79 Å². The van der Waals surface area contributed by atoms with Gasteiger partial charge in [-0.3, -0.25) is 14.6 Å². The van der Waals surface area contributed by atoms with Gasteiger partial charge in [0.15, 0.2) is 0 Å². The highest BCUT2D eigenvalue weighted by Crippen LogP contribution is 2.48. The van der Waals surface area contributed by atoms with E-state index < -0.39 is 0 Å². The Morgan fingerprint density at radius 2 is 1.79 bits per heavy atom. The van der Waals surface area contributed by atoms with Crippen LogP contribution in [0, 0.1) is 5.92 Å². The van der Waals surface area contributed by atoms with E-state index in [1.807, 2.05) is 59.5 Å². The molecule has 200 valence electrons. The van der Waals surface area contributed by atoms with Gasteiger partial charge in [0.1, 0.15) is 11.5 Å². The van der Waals surface area contributed by atoms with Crippen LogP contribution in [0.3, 0.4) is 0 Å². The summed E-state index contributed by atoms with van der Waals surface area (Å²) in [6.45, 7) is 6.39. The largest absolute Gasteiger partial charge is 0.457 e. The number of likely N-dealkylation sites (N-methyl/N-ethyl adjacent to an activating group) is 1. The number of rotatable bonds is 7. The van der Waals surface area contributed by atoms with E-state index in [9.17, 15) is 9.59 Å². The van der Waals surface area contributed by atoms with Gasteiger partial charge in [-0.1, -0.05) is 30.0 Å². The van der Waals surface area contributed by atoms with Crippen LogP contribution in [0.25, 0.3) is 0 Å². The predicted octanol–water partition coefficient (Wildman–Crippen LogP) is 2.63. The number of urea groups is 1. The molecule has 3 amide bonds. The third-order valence-corrected chi connectivity index (χ3v) is 9.11. The third-order valence-electron chi connectivity index (χ3n) is 7.75. The number of anilines is 1. The van der Waals surface area contributed by atoms with E-state index in [0.717, 1.165) is 62.8 Å². The molecule has 9 nitrogen and oxygen atoms in total. The number of piperazine rings is 1. The Hall–Kier alpha value is -3.05. The molecular formula is C28H34N6O3S. The molecule has 10 heteroatoms. The van der Waals surface area contributed by atoms with Gasteiger partial charge in [0.05, 0.1) is 16.3 Å². The van der Waals surface area contributed by atoms with Crippen LogP contribution < -0.4 is 25.6 Å². The molecule has 2 aromatic carbocycles. The summed E-state index contributed by atoms with van der Waals surface area (Å²) in [4.78, 5) is 33.8. The minimum Gasteiger partial charge on any atom is -0.457 e. The van der Waals surface area contributed by atoms with E-state index in [-0.39, 0.29) is 29.3 Å². The average Bonchev–Trinajstić information content (AvgIpc) is 3.31. The minimum absolute atomic E-state index is 0.0194. The fourth-order valence-electron chi connectivity index (χ4n) is 5.70. The van der Waals surface area contributed by atoms with Crippen molar-refractivity contribution in [2.24, 2.45) is 5.92 Å². The minimum atomic E-state index is -0.191. The number of benzene rings is 2. The molecule has 4 heterocycles. The van der Waals surface area contributed by atoms with Gasteiger partial charge in [0, 0.05) is 56.6 Å². The molecule has 0 aromatic heterocycles. The highest BCUT2D eigenvalue weighted by atomic mass is 32.2. The lowest BCUT2D eigenvalue weighted by Gasteiger charge is -2.45. The molecule has 0 spiro atoms. The summed E-state index contributed by atoms with van der Waals surface area (Å²) in [6, 6.07) is 17.1. The summed E-state index contributed by atoms with van der Waals surface area (Å²) >= 11 is 1.54. The number of ether oxygens (including phenoxy) is 1. The molecular weight excluding hydrogens is 500 g/mol. The number of carbonyl (C=O) groups is 2. The van der Waals surface area contributed by atoms with E-state index in [1.54, 1.807) is 11.8 Å². The van der Waals surface area contributed by atoms with Crippen molar-refractivity contribution >= 4 is 29.4 Å². The zero-order chi connectivity index (χ0) is 26.1. The van der Waals surface area contributed by atoms with Gasteiger partial charge < -0.3 is 25.6 Å². The number of para-hydroxylation sites is 1. The molecule has 3 unspecified atom stereocenters. The van der Waals surface area contributed by atoms with Crippen LogP contribution in [0.2, 0.25) is 0 Å². The maximum absolute atomic E-state index is 13.4. The van der Waals surface area contributed by atoms with Crippen LogP contribution in [0.5, 0.6) is 11.5 Å². The van der Waals surface area contributed by atoms with Crippen molar-refractivity contribution in [2.75, 3.05) is 57.8 Å². The van der Waals surface area contributed by atoms with Crippen molar-refractivity contribution < 1.29 is 14.3 Å². The first-order chi connectivity index (χ1) is 18.6. The molecule has 3 atom stereocenters. The Bertz CT molecular complexity index is 1200. The molecule has 6 rings (SSSR count). The summed E-state index contributed by atoms with van der Waals surface area (Å²) in [5.74, 6) is 1.42. The van der Waals surface area contributed by atoms with Crippen LogP contribution in [0.4, 0.5) is 10.5 Å².